The molecule has 1 unspecified atom stereocenters. The summed E-state index contributed by atoms with van der Waals surface area (Å²) in [6.45, 7) is 2.84. The molecule has 2 aromatic heterocycles. The lowest BCUT2D eigenvalue weighted by molar-refractivity contribution is -0.131. The van der Waals surface area contributed by atoms with Crippen molar-refractivity contribution in [2.45, 2.75) is 31.8 Å². The van der Waals surface area contributed by atoms with Crippen molar-refractivity contribution in [2.75, 3.05) is 20.2 Å². The van der Waals surface area contributed by atoms with E-state index >= 15 is 0 Å². The number of piperidine rings is 1. The average molecular weight is 580 g/mol. The molecule has 3 aromatic carbocycles. The van der Waals surface area contributed by atoms with Crippen LogP contribution in [0.15, 0.2) is 97.3 Å². The molecule has 3 heterocycles. The van der Waals surface area contributed by atoms with Gasteiger partial charge in [-0.15, -0.1) is 0 Å². The maximum absolute atomic E-state index is 12.6. The van der Waals surface area contributed by atoms with Crippen molar-refractivity contribution in [1.82, 2.24) is 14.5 Å². The van der Waals surface area contributed by atoms with Gasteiger partial charge in [0.2, 0.25) is 11.8 Å². The molecule has 214 valence electrons. The molecule has 6 nitrogen and oxygen atoms in total. The normalized spacial score (nSPS) is 15.5. The number of ether oxygens (including phenoxy) is 1. The van der Waals surface area contributed by atoms with Crippen LogP contribution in [-0.2, 0) is 16.8 Å². The lowest BCUT2D eigenvalue weighted by Crippen LogP contribution is -2.45. The zero-order chi connectivity index (χ0) is 29.3. The van der Waals surface area contributed by atoms with Gasteiger partial charge in [-0.05, 0) is 71.8 Å². The number of likely N-dealkylation sites (tertiary alicyclic amines) is 1. The smallest absolute Gasteiger partial charge is 0.219 e. The fraction of sp³-hybridized carbons (Fsp3) is 0.257. The minimum absolute atomic E-state index is 0.0705. The van der Waals surface area contributed by atoms with Crippen molar-refractivity contribution in [1.29, 1.82) is 0 Å². The number of methoxy groups -OCH3 is 1. The van der Waals surface area contributed by atoms with Gasteiger partial charge in [0.1, 0.15) is 5.60 Å². The Labute approximate surface area is 251 Å². The summed E-state index contributed by atoms with van der Waals surface area (Å²) in [5.74, 6) is 0.488. The summed E-state index contributed by atoms with van der Waals surface area (Å²) in [5.41, 5.74) is 4.00. The largest absolute Gasteiger partial charge is 0.481 e. The van der Waals surface area contributed by atoms with Crippen LogP contribution in [0.1, 0.15) is 42.0 Å². The van der Waals surface area contributed by atoms with Crippen LogP contribution in [0.4, 0.5) is 0 Å². The quantitative estimate of drug-likeness (QED) is 0.231. The number of carbonyl (C=O) groups is 1. The first kappa shape index (κ1) is 28.0. The molecule has 42 heavy (non-hydrogen) atoms. The number of carbonyl (C=O) groups excluding carboxylic acids is 1. The number of pyridine rings is 1. The molecule has 1 N–H and O–H groups in total. The number of benzene rings is 3. The number of aliphatic hydroxyl groups is 1. The molecule has 1 amide bonds. The topological polar surface area (TPSA) is 67.6 Å². The minimum atomic E-state index is -1.25. The fourth-order valence-corrected chi connectivity index (χ4v) is 6.54. The van der Waals surface area contributed by atoms with Crippen molar-refractivity contribution >= 4 is 28.4 Å². The summed E-state index contributed by atoms with van der Waals surface area (Å²) in [6, 6.07) is 28.0. The van der Waals surface area contributed by atoms with E-state index in [1.165, 1.54) is 0 Å². The highest BCUT2D eigenvalue weighted by molar-refractivity contribution is 6.36. The van der Waals surface area contributed by atoms with Gasteiger partial charge in [-0.3, -0.25) is 4.79 Å². The Hall–Kier alpha value is -4.13. The Morgan fingerprint density at radius 3 is 2.31 bits per heavy atom. The number of rotatable bonds is 7. The third-order valence-electron chi connectivity index (χ3n) is 8.58. The van der Waals surface area contributed by atoms with E-state index in [4.69, 9.17) is 21.3 Å². The highest BCUT2D eigenvalue weighted by Crippen LogP contribution is 2.44. The van der Waals surface area contributed by atoms with Crippen molar-refractivity contribution < 1.29 is 14.6 Å². The Balaban J connectivity index is 1.40. The molecular weight excluding hydrogens is 546 g/mol. The summed E-state index contributed by atoms with van der Waals surface area (Å²) >= 11 is 7.15. The SMILES string of the molecule is COc1nc2ccc(C(O)(c3ccccc3)C3CCN(C(C)=O)CC3)cc2c(Cl)c1Cc1ccc(-n2cccc2)cc1. The van der Waals surface area contributed by atoms with Gasteiger partial charge in [-0.1, -0.05) is 60.1 Å². The van der Waals surface area contributed by atoms with Gasteiger partial charge >= 0.3 is 0 Å². The second-order valence-corrected chi connectivity index (χ2v) is 11.4. The third-order valence-corrected chi connectivity index (χ3v) is 9.01. The van der Waals surface area contributed by atoms with E-state index in [0.717, 1.165) is 33.3 Å². The summed E-state index contributed by atoms with van der Waals surface area (Å²) in [6.07, 6.45) is 5.98. The number of hydrogen-bond donors (Lipinski definition) is 1. The van der Waals surface area contributed by atoms with Crippen molar-refractivity contribution in [3.63, 3.8) is 0 Å². The van der Waals surface area contributed by atoms with Gasteiger partial charge < -0.3 is 19.3 Å². The summed E-state index contributed by atoms with van der Waals surface area (Å²) in [4.78, 5) is 18.7. The van der Waals surface area contributed by atoms with Crippen LogP contribution in [0.25, 0.3) is 16.6 Å². The summed E-state index contributed by atoms with van der Waals surface area (Å²) < 4.78 is 7.76. The number of hydrogen-bond acceptors (Lipinski definition) is 4. The van der Waals surface area contributed by atoms with Crippen LogP contribution in [0.5, 0.6) is 5.88 Å². The Morgan fingerprint density at radius 2 is 1.67 bits per heavy atom. The number of nitrogens with zero attached hydrogens (tertiary/aromatic N) is 3. The predicted molar refractivity (Wildman–Crippen MR) is 166 cm³/mol. The molecule has 0 radical (unpaired) electrons. The zero-order valence-corrected chi connectivity index (χ0v) is 24.6. The maximum Gasteiger partial charge on any atom is 0.219 e. The molecule has 5 aromatic rings. The number of amides is 1. The Kier molecular flexibility index (Phi) is 7.76. The molecule has 1 fully saturated rings. The van der Waals surface area contributed by atoms with E-state index in [1.807, 2.05) is 78.0 Å². The maximum atomic E-state index is 12.6. The molecule has 0 aliphatic carbocycles. The van der Waals surface area contributed by atoms with Gasteiger partial charge in [0.05, 0.1) is 17.6 Å². The number of aromatic nitrogens is 2. The zero-order valence-electron chi connectivity index (χ0n) is 23.8. The van der Waals surface area contributed by atoms with E-state index in [2.05, 4.69) is 28.8 Å². The number of fused-ring (bicyclic) bond motifs is 1. The highest BCUT2D eigenvalue weighted by Gasteiger charge is 2.42. The standard InChI is InChI=1S/C35H34ClN3O3/c1-24(40)38-20-16-27(17-21-38)35(41,26-8-4-3-5-9-26)28-12-15-32-30(23-28)33(36)31(34(37-32)42-2)22-25-10-13-29(14-11-25)39-18-6-7-19-39/h3-15,18-19,23,27,41H,16-17,20-22H2,1-2H3. The molecule has 6 rings (SSSR count). The fourth-order valence-electron chi connectivity index (χ4n) is 6.24. The highest BCUT2D eigenvalue weighted by atomic mass is 35.5. The van der Waals surface area contributed by atoms with Gasteiger partial charge in [-0.2, -0.15) is 0 Å². The first-order chi connectivity index (χ1) is 20.4. The number of halogens is 1. The van der Waals surface area contributed by atoms with E-state index < -0.39 is 5.60 Å². The molecule has 1 aliphatic rings. The molecule has 7 heteroatoms. The van der Waals surface area contributed by atoms with E-state index in [0.29, 0.717) is 48.8 Å². The molecule has 0 spiro atoms. The monoisotopic (exact) mass is 579 g/mol. The molecule has 1 saturated heterocycles. The van der Waals surface area contributed by atoms with Crippen LogP contribution < -0.4 is 4.74 Å². The molecule has 0 bridgehead atoms. The van der Waals surface area contributed by atoms with Crippen LogP contribution in [0.3, 0.4) is 0 Å². The first-order valence-corrected chi connectivity index (χ1v) is 14.7. The van der Waals surface area contributed by atoms with Crippen molar-refractivity contribution in [2.24, 2.45) is 5.92 Å². The first-order valence-electron chi connectivity index (χ1n) is 14.3. The molecule has 0 saturated carbocycles. The lowest BCUT2D eigenvalue weighted by atomic mass is 9.72. The predicted octanol–water partition coefficient (Wildman–Crippen LogP) is 6.77. The van der Waals surface area contributed by atoms with Crippen molar-refractivity contribution in [3.8, 4) is 11.6 Å². The van der Waals surface area contributed by atoms with E-state index in [1.54, 1.807) is 14.0 Å². The van der Waals surface area contributed by atoms with Crippen molar-refractivity contribution in [3.05, 3.63) is 125 Å². The summed E-state index contributed by atoms with van der Waals surface area (Å²) in [7, 11) is 1.61. The Bertz CT molecular complexity index is 1700. The van der Waals surface area contributed by atoms with Crippen LogP contribution >= 0.6 is 11.6 Å². The second-order valence-electron chi connectivity index (χ2n) is 11.0. The van der Waals surface area contributed by atoms with Crippen LogP contribution in [0.2, 0.25) is 5.02 Å². The third kappa shape index (κ3) is 5.17. The van der Waals surface area contributed by atoms with Crippen LogP contribution in [0, 0.1) is 5.92 Å². The molecule has 1 aliphatic heterocycles. The second kappa shape index (κ2) is 11.6. The molecular formula is C35H34ClN3O3. The van der Waals surface area contributed by atoms with Gasteiger partial charge in [0.25, 0.3) is 0 Å². The Morgan fingerprint density at radius 1 is 0.976 bits per heavy atom. The van der Waals surface area contributed by atoms with E-state index in [-0.39, 0.29) is 11.8 Å². The summed E-state index contributed by atoms with van der Waals surface area (Å²) in [5, 5.41) is 13.9. The molecule has 1 atom stereocenters. The van der Waals surface area contributed by atoms with E-state index in [9.17, 15) is 9.90 Å². The average Bonchev–Trinajstić information content (AvgIpc) is 3.58. The van der Waals surface area contributed by atoms with Gasteiger partial charge in [0, 0.05) is 55.5 Å². The van der Waals surface area contributed by atoms with Gasteiger partial charge in [0.15, 0.2) is 0 Å². The van der Waals surface area contributed by atoms with Gasteiger partial charge in [-0.25, -0.2) is 4.98 Å². The lowest BCUT2D eigenvalue weighted by Gasteiger charge is -2.42. The minimum Gasteiger partial charge on any atom is -0.481 e. The van der Waals surface area contributed by atoms with Crippen LogP contribution in [-0.4, -0.2) is 45.7 Å².